The summed E-state index contributed by atoms with van der Waals surface area (Å²) in [5, 5.41) is 8.81. The summed E-state index contributed by atoms with van der Waals surface area (Å²) in [5.41, 5.74) is 0. The molecule has 1 unspecified atom stereocenters. The predicted molar refractivity (Wildman–Crippen MR) is 73.6 cm³/mol. The molecular weight excluding hydrogens is 260 g/mol. The first kappa shape index (κ1) is 15.1. The summed E-state index contributed by atoms with van der Waals surface area (Å²) in [6.07, 6.45) is 5.36. The topological polar surface area (TPSA) is 70.1 Å². The summed E-state index contributed by atoms with van der Waals surface area (Å²) in [6.45, 7) is 3.02. The Labute approximate surface area is 119 Å². The van der Waals surface area contributed by atoms with E-state index in [1.54, 1.807) is 4.90 Å². The van der Waals surface area contributed by atoms with Crippen LogP contribution in [0.25, 0.3) is 0 Å². The zero-order valence-corrected chi connectivity index (χ0v) is 11.9. The first-order valence-electron chi connectivity index (χ1n) is 7.54. The molecule has 0 bridgehead atoms. The number of carboxylic acid groups (broad SMARTS) is 1. The fourth-order valence-corrected chi connectivity index (χ4v) is 2.85. The van der Waals surface area contributed by atoms with E-state index >= 15 is 0 Å². The third kappa shape index (κ3) is 4.37. The van der Waals surface area contributed by atoms with Crippen LogP contribution in [-0.2, 0) is 9.53 Å². The molecule has 6 heteroatoms. The number of carboxylic acids is 1. The van der Waals surface area contributed by atoms with E-state index in [9.17, 15) is 9.59 Å². The first-order chi connectivity index (χ1) is 9.66. The molecule has 2 aliphatic heterocycles. The van der Waals surface area contributed by atoms with Gasteiger partial charge in [0.05, 0.1) is 19.1 Å². The molecule has 1 atom stereocenters. The first-order valence-corrected chi connectivity index (χ1v) is 7.54. The van der Waals surface area contributed by atoms with Crippen molar-refractivity contribution < 1.29 is 19.4 Å². The van der Waals surface area contributed by atoms with Crippen molar-refractivity contribution >= 4 is 12.0 Å². The Morgan fingerprint density at radius 1 is 1.00 bits per heavy atom. The lowest BCUT2D eigenvalue weighted by Gasteiger charge is -2.36. The highest BCUT2D eigenvalue weighted by atomic mass is 16.5. The minimum Gasteiger partial charge on any atom is -0.481 e. The third-order valence-corrected chi connectivity index (χ3v) is 3.94. The second kappa shape index (κ2) is 7.47. The van der Waals surface area contributed by atoms with Crippen LogP contribution in [0.3, 0.4) is 0 Å². The second-order valence-electron chi connectivity index (χ2n) is 5.57. The molecule has 0 aromatic carbocycles. The third-order valence-electron chi connectivity index (χ3n) is 3.94. The Balaban J connectivity index is 1.88. The fourth-order valence-electron chi connectivity index (χ4n) is 2.85. The van der Waals surface area contributed by atoms with Gasteiger partial charge in [-0.25, -0.2) is 4.79 Å². The van der Waals surface area contributed by atoms with Crippen LogP contribution in [0.5, 0.6) is 0 Å². The molecule has 2 saturated heterocycles. The average molecular weight is 284 g/mol. The molecule has 0 aromatic heterocycles. The van der Waals surface area contributed by atoms with Crippen molar-refractivity contribution in [1.82, 2.24) is 9.80 Å². The number of hydrogen-bond donors (Lipinski definition) is 1. The Hall–Kier alpha value is -1.30. The van der Waals surface area contributed by atoms with Crippen molar-refractivity contribution in [3.05, 3.63) is 0 Å². The van der Waals surface area contributed by atoms with Gasteiger partial charge in [0, 0.05) is 26.2 Å². The van der Waals surface area contributed by atoms with Gasteiger partial charge >= 0.3 is 12.0 Å². The van der Waals surface area contributed by atoms with E-state index in [1.165, 1.54) is 19.3 Å². The lowest BCUT2D eigenvalue weighted by Crippen LogP contribution is -2.51. The molecular formula is C14H24N2O4. The maximum Gasteiger partial charge on any atom is 0.320 e. The number of aliphatic carboxylic acids is 1. The number of urea groups is 1. The second-order valence-corrected chi connectivity index (χ2v) is 5.57. The summed E-state index contributed by atoms with van der Waals surface area (Å²) in [5.74, 6) is -0.879. The normalized spacial score (nSPS) is 24.9. The number of ether oxygens (including phenoxy) is 1. The molecule has 0 saturated carbocycles. The molecule has 1 N–H and O–H groups in total. The molecule has 0 radical (unpaired) electrons. The maximum absolute atomic E-state index is 12.5. The molecule has 20 heavy (non-hydrogen) atoms. The Kier molecular flexibility index (Phi) is 5.64. The Morgan fingerprint density at radius 3 is 2.30 bits per heavy atom. The maximum atomic E-state index is 12.5. The monoisotopic (exact) mass is 284 g/mol. The standard InChI is InChI=1S/C14H24N2O4/c17-13(18)10-12-11-16(8-9-20-12)14(19)15-6-4-2-1-3-5-7-15/h12H,1-11H2,(H,17,18). The smallest absolute Gasteiger partial charge is 0.320 e. The van der Waals surface area contributed by atoms with Gasteiger partial charge < -0.3 is 19.6 Å². The van der Waals surface area contributed by atoms with E-state index in [-0.39, 0.29) is 18.6 Å². The summed E-state index contributed by atoms with van der Waals surface area (Å²) < 4.78 is 5.41. The van der Waals surface area contributed by atoms with Gasteiger partial charge in [-0.05, 0) is 12.8 Å². The van der Waals surface area contributed by atoms with Crippen LogP contribution >= 0.6 is 0 Å². The number of carbonyl (C=O) groups excluding carboxylic acids is 1. The van der Waals surface area contributed by atoms with Crippen LogP contribution in [0, 0.1) is 0 Å². The largest absolute Gasteiger partial charge is 0.481 e. The fraction of sp³-hybridized carbons (Fsp3) is 0.857. The van der Waals surface area contributed by atoms with Crippen LogP contribution in [0.15, 0.2) is 0 Å². The highest BCUT2D eigenvalue weighted by Crippen LogP contribution is 2.15. The van der Waals surface area contributed by atoms with E-state index in [2.05, 4.69) is 0 Å². The van der Waals surface area contributed by atoms with E-state index in [1.807, 2.05) is 4.90 Å². The molecule has 6 nitrogen and oxygen atoms in total. The van der Waals surface area contributed by atoms with Crippen molar-refractivity contribution in [2.24, 2.45) is 0 Å². The van der Waals surface area contributed by atoms with Crippen LogP contribution in [-0.4, -0.2) is 65.8 Å². The van der Waals surface area contributed by atoms with Gasteiger partial charge in [-0.3, -0.25) is 4.79 Å². The number of likely N-dealkylation sites (tertiary alicyclic amines) is 1. The van der Waals surface area contributed by atoms with Crippen LogP contribution < -0.4 is 0 Å². The summed E-state index contributed by atoms with van der Waals surface area (Å²) in [4.78, 5) is 26.9. The molecule has 2 aliphatic rings. The number of morpholine rings is 1. The minimum absolute atomic E-state index is 0.0379. The van der Waals surface area contributed by atoms with Gasteiger partial charge in [-0.1, -0.05) is 19.3 Å². The molecule has 0 spiro atoms. The van der Waals surface area contributed by atoms with Gasteiger partial charge in [-0.2, -0.15) is 0 Å². The van der Waals surface area contributed by atoms with E-state index in [0.29, 0.717) is 19.7 Å². The van der Waals surface area contributed by atoms with Gasteiger partial charge in [0.25, 0.3) is 0 Å². The molecule has 2 fully saturated rings. The minimum atomic E-state index is -0.879. The molecule has 114 valence electrons. The van der Waals surface area contributed by atoms with Crippen molar-refractivity contribution in [2.75, 3.05) is 32.8 Å². The molecule has 0 aliphatic carbocycles. The average Bonchev–Trinajstić information content (AvgIpc) is 2.37. The van der Waals surface area contributed by atoms with E-state index in [4.69, 9.17) is 9.84 Å². The van der Waals surface area contributed by atoms with Gasteiger partial charge in [0.15, 0.2) is 0 Å². The zero-order valence-electron chi connectivity index (χ0n) is 11.9. The lowest BCUT2D eigenvalue weighted by atomic mass is 10.1. The van der Waals surface area contributed by atoms with Crippen molar-refractivity contribution in [2.45, 2.75) is 44.6 Å². The van der Waals surface area contributed by atoms with E-state index < -0.39 is 5.97 Å². The van der Waals surface area contributed by atoms with Gasteiger partial charge in [0.1, 0.15) is 0 Å². The highest BCUT2D eigenvalue weighted by molar-refractivity contribution is 5.75. The SMILES string of the molecule is O=C(O)CC1CN(C(=O)N2CCCCCCC2)CCO1. The molecule has 2 heterocycles. The Morgan fingerprint density at radius 2 is 1.65 bits per heavy atom. The number of carbonyl (C=O) groups is 2. The quantitative estimate of drug-likeness (QED) is 0.835. The van der Waals surface area contributed by atoms with Gasteiger partial charge in [-0.15, -0.1) is 0 Å². The molecule has 0 aromatic rings. The van der Waals surface area contributed by atoms with Crippen molar-refractivity contribution in [1.29, 1.82) is 0 Å². The number of rotatable bonds is 2. The van der Waals surface area contributed by atoms with Crippen molar-refractivity contribution in [3.63, 3.8) is 0 Å². The van der Waals surface area contributed by atoms with E-state index in [0.717, 1.165) is 25.9 Å². The number of amides is 2. The van der Waals surface area contributed by atoms with Gasteiger partial charge in [0.2, 0.25) is 0 Å². The molecule has 2 amide bonds. The summed E-state index contributed by atoms with van der Waals surface area (Å²) >= 11 is 0. The highest BCUT2D eigenvalue weighted by Gasteiger charge is 2.28. The van der Waals surface area contributed by atoms with Crippen molar-refractivity contribution in [3.8, 4) is 0 Å². The van der Waals surface area contributed by atoms with Crippen LogP contribution in [0.4, 0.5) is 4.79 Å². The predicted octanol–water partition coefficient (Wildman–Crippen LogP) is 1.55. The number of hydrogen-bond acceptors (Lipinski definition) is 3. The van der Waals surface area contributed by atoms with Crippen LogP contribution in [0.2, 0.25) is 0 Å². The zero-order chi connectivity index (χ0) is 14.4. The molecule has 2 rings (SSSR count). The van der Waals surface area contributed by atoms with Crippen LogP contribution in [0.1, 0.15) is 38.5 Å². The summed E-state index contributed by atoms with van der Waals surface area (Å²) in [6, 6.07) is 0.0468. The summed E-state index contributed by atoms with van der Waals surface area (Å²) in [7, 11) is 0. The lowest BCUT2D eigenvalue weighted by molar-refractivity contribution is -0.141. The Bertz CT molecular complexity index is 340. The number of nitrogens with zero attached hydrogens (tertiary/aromatic N) is 2.